The topological polar surface area (TPSA) is 32.3 Å². The van der Waals surface area contributed by atoms with Crippen LogP contribution in [0.5, 0.6) is 0 Å². The Hall–Kier alpha value is -0.220. The van der Waals surface area contributed by atoms with Crippen LogP contribution in [0.25, 0.3) is 0 Å². The maximum Gasteiger partial charge on any atom is 0.239 e. The van der Waals surface area contributed by atoms with Crippen molar-refractivity contribution in [3.05, 3.63) is 0 Å². The van der Waals surface area contributed by atoms with E-state index in [0.717, 1.165) is 25.3 Å². The van der Waals surface area contributed by atoms with Gasteiger partial charge in [0.1, 0.15) is 0 Å². The third-order valence-electron chi connectivity index (χ3n) is 2.63. The van der Waals surface area contributed by atoms with E-state index in [1.54, 1.807) is 0 Å². The highest BCUT2D eigenvalue weighted by molar-refractivity contribution is 7.98. The minimum absolute atomic E-state index is 0.0662. The van der Waals surface area contributed by atoms with Crippen LogP contribution in [0.15, 0.2) is 0 Å². The largest absolute Gasteiger partial charge is 0.341 e. The molecule has 0 aromatic heterocycles. The third-order valence-corrected chi connectivity index (χ3v) is 3.53. The smallest absolute Gasteiger partial charge is 0.239 e. The molecule has 1 saturated heterocycles. The number of rotatable bonds is 5. The maximum atomic E-state index is 11.7. The minimum atomic E-state index is 0.0662. The van der Waals surface area contributed by atoms with E-state index < -0.39 is 0 Å². The summed E-state index contributed by atoms with van der Waals surface area (Å²) < 4.78 is 0. The zero-order chi connectivity index (χ0) is 10.6. The number of hydrogen-bond donors (Lipinski definition) is 1. The van der Waals surface area contributed by atoms with Gasteiger partial charge in [0.05, 0.1) is 6.04 Å². The summed E-state index contributed by atoms with van der Waals surface area (Å²) in [5.74, 6) is 2.01. The van der Waals surface area contributed by atoms with Gasteiger partial charge in [-0.1, -0.05) is 6.92 Å². The number of nitrogens with zero attached hydrogens (tertiary/aromatic N) is 1. The molecule has 0 aliphatic carbocycles. The molecule has 82 valence electrons. The molecule has 1 amide bonds. The molecule has 2 atom stereocenters. The Morgan fingerprint density at radius 3 is 2.93 bits per heavy atom. The highest BCUT2D eigenvalue weighted by Crippen LogP contribution is 2.14. The van der Waals surface area contributed by atoms with Gasteiger partial charge in [-0.2, -0.15) is 11.8 Å². The molecular weight excluding hydrogens is 196 g/mol. The molecule has 4 heteroatoms. The van der Waals surface area contributed by atoms with Crippen molar-refractivity contribution < 1.29 is 4.79 Å². The van der Waals surface area contributed by atoms with Crippen molar-refractivity contribution in [1.29, 1.82) is 0 Å². The molecule has 0 aromatic carbocycles. The average molecular weight is 216 g/mol. The number of thioether (sulfide) groups is 1. The number of likely N-dealkylation sites (N-methyl/N-ethyl adjacent to an activating group) is 1. The van der Waals surface area contributed by atoms with Crippen LogP contribution in [0, 0.1) is 5.92 Å². The molecule has 0 radical (unpaired) electrons. The Bertz CT molecular complexity index is 199. The van der Waals surface area contributed by atoms with Crippen molar-refractivity contribution in [3.8, 4) is 0 Å². The summed E-state index contributed by atoms with van der Waals surface area (Å²) in [5.41, 5.74) is 0. The van der Waals surface area contributed by atoms with Crippen molar-refractivity contribution in [2.45, 2.75) is 19.4 Å². The molecule has 0 bridgehead atoms. The molecule has 0 spiro atoms. The monoisotopic (exact) mass is 216 g/mol. The predicted molar refractivity (Wildman–Crippen MR) is 61.6 cm³/mol. The zero-order valence-corrected chi connectivity index (χ0v) is 10.1. The van der Waals surface area contributed by atoms with Gasteiger partial charge in [0.25, 0.3) is 0 Å². The van der Waals surface area contributed by atoms with E-state index in [1.807, 2.05) is 23.7 Å². The molecule has 1 aliphatic rings. The van der Waals surface area contributed by atoms with Gasteiger partial charge in [-0.25, -0.2) is 0 Å². The van der Waals surface area contributed by atoms with Crippen LogP contribution in [0.2, 0.25) is 0 Å². The lowest BCUT2D eigenvalue weighted by Gasteiger charge is -2.20. The fourth-order valence-corrected chi connectivity index (χ4v) is 2.58. The van der Waals surface area contributed by atoms with Gasteiger partial charge in [0.15, 0.2) is 0 Å². The van der Waals surface area contributed by atoms with Crippen LogP contribution in [0.1, 0.15) is 13.3 Å². The number of hydrogen-bond acceptors (Lipinski definition) is 3. The molecule has 2 unspecified atom stereocenters. The van der Waals surface area contributed by atoms with Gasteiger partial charge in [0.2, 0.25) is 5.91 Å². The maximum absolute atomic E-state index is 11.7. The molecule has 14 heavy (non-hydrogen) atoms. The van der Waals surface area contributed by atoms with Crippen LogP contribution >= 0.6 is 11.8 Å². The van der Waals surface area contributed by atoms with Gasteiger partial charge in [-0.15, -0.1) is 0 Å². The first-order valence-corrected chi connectivity index (χ1v) is 6.53. The lowest BCUT2D eigenvalue weighted by molar-refractivity contribution is -0.129. The molecule has 0 aromatic rings. The van der Waals surface area contributed by atoms with Crippen LogP contribution < -0.4 is 5.32 Å². The first kappa shape index (κ1) is 11.9. The van der Waals surface area contributed by atoms with Crippen molar-refractivity contribution in [1.82, 2.24) is 10.2 Å². The summed E-state index contributed by atoms with van der Waals surface area (Å²) >= 11 is 1.85. The van der Waals surface area contributed by atoms with Gasteiger partial charge in [0, 0.05) is 13.1 Å². The van der Waals surface area contributed by atoms with Crippen LogP contribution in [0.4, 0.5) is 0 Å². The molecular formula is C10H20N2OS. The van der Waals surface area contributed by atoms with E-state index in [2.05, 4.69) is 18.5 Å². The van der Waals surface area contributed by atoms with Gasteiger partial charge < -0.3 is 10.2 Å². The minimum Gasteiger partial charge on any atom is -0.341 e. The lowest BCUT2D eigenvalue weighted by Crippen LogP contribution is -2.38. The fraction of sp³-hybridized carbons (Fsp3) is 0.900. The second-order valence-corrected chi connectivity index (χ2v) is 4.89. The summed E-state index contributed by atoms with van der Waals surface area (Å²) in [6.45, 7) is 4.04. The highest BCUT2D eigenvalue weighted by atomic mass is 32.2. The van der Waals surface area contributed by atoms with Gasteiger partial charge >= 0.3 is 0 Å². The van der Waals surface area contributed by atoms with Crippen LogP contribution in [-0.2, 0) is 4.79 Å². The summed E-state index contributed by atoms with van der Waals surface area (Å²) in [6, 6.07) is 0.0662. The molecule has 3 nitrogen and oxygen atoms in total. The second-order valence-electron chi connectivity index (χ2n) is 3.97. The Morgan fingerprint density at radius 1 is 1.71 bits per heavy atom. The Balaban J connectivity index is 2.36. The predicted octanol–water partition coefficient (Wildman–Crippen LogP) is 0.806. The molecule has 1 rings (SSSR count). The van der Waals surface area contributed by atoms with E-state index >= 15 is 0 Å². The Labute approximate surface area is 90.6 Å². The number of carbonyl (C=O) groups is 1. The Kier molecular flexibility index (Phi) is 4.75. The summed E-state index contributed by atoms with van der Waals surface area (Å²) in [4.78, 5) is 13.7. The number of carbonyl (C=O) groups excluding carboxylic acids is 1. The van der Waals surface area contributed by atoms with E-state index in [1.165, 1.54) is 0 Å². The van der Waals surface area contributed by atoms with Gasteiger partial charge in [-0.05, 0) is 31.4 Å². The fourth-order valence-electron chi connectivity index (χ4n) is 1.90. The van der Waals surface area contributed by atoms with E-state index in [-0.39, 0.29) is 11.9 Å². The highest BCUT2D eigenvalue weighted by Gasteiger charge is 2.30. The molecule has 0 saturated carbocycles. The molecule has 1 N–H and O–H groups in total. The quantitative estimate of drug-likeness (QED) is 0.738. The molecule has 1 aliphatic heterocycles. The van der Waals surface area contributed by atoms with E-state index in [0.29, 0.717) is 5.92 Å². The number of amides is 1. The summed E-state index contributed by atoms with van der Waals surface area (Å²) in [7, 11) is 1.86. The molecule has 1 fully saturated rings. The SMILES string of the molecule is CNC1CCN(CC(C)CSC)C1=O. The lowest BCUT2D eigenvalue weighted by atomic mass is 10.2. The van der Waals surface area contributed by atoms with Crippen molar-refractivity contribution in [3.63, 3.8) is 0 Å². The summed E-state index contributed by atoms with van der Waals surface area (Å²) in [6.07, 6.45) is 3.07. The van der Waals surface area contributed by atoms with Gasteiger partial charge in [-0.3, -0.25) is 4.79 Å². The average Bonchev–Trinajstić information content (AvgIpc) is 2.48. The van der Waals surface area contributed by atoms with E-state index in [4.69, 9.17) is 0 Å². The van der Waals surface area contributed by atoms with Crippen molar-refractivity contribution in [2.75, 3.05) is 32.1 Å². The van der Waals surface area contributed by atoms with Crippen LogP contribution in [-0.4, -0.2) is 49.0 Å². The van der Waals surface area contributed by atoms with Crippen molar-refractivity contribution in [2.24, 2.45) is 5.92 Å². The number of nitrogens with one attached hydrogen (secondary N) is 1. The normalized spacial score (nSPS) is 24.4. The first-order valence-electron chi connectivity index (χ1n) is 5.14. The summed E-state index contributed by atoms with van der Waals surface area (Å²) in [5, 5.41) is 3.05. The number of likely N-dealkylation sites (tertiary alicyclic amines) is 1. The van der Waals surface area contributed by atoms with Crippen molar-refractivity contribution >= 4 is 17.7 Å². The standard InChI is InChI=1S/C10H20N2OS/c1-8(7-14-3)6-12-5-4-9(11-2)10(12)13/h8-9,11H,4-7H2,1-3H3. The van der Waals surface area contributed by atoms with Crippen LogP contribution in [0.3, 0.4) is 0 Å². The van der Waals surface area contributed by atoms with E-state index in [9.17, 15) is 4.79 Å². The first-order chi connectivity index (χ1) is 6.69. The molecule has 1 heterocycles. The Morgan fingerprint density at radius 2 is 2.43 bits per heavy atom. The third kappa shape index (κ3) is 2.89. The second kappa shape index (κ2) is 5.61. The zero-order valence-electron chi connectivity index (χ0n) is 9.25.